The highest BCUT2D eigenvalue weighted by atomic mass is 79.9. The summed E-state index contributed by atoms with van der Waals surface area (Å²) in [4.78, 5) is -0.321. The summed E-state index contributed by atoms with van der Waals surface area (Å²) in [6.45, 7) is 1.71. The van der Waals surface area contributed by atoms with E-state index in [0.717, 1.165) is 19.1 Å². The van der Waals surface area contributed by atoms with Crippen molar-refractivity contribution in [2.75, 3.05) is 19.8 Å². The number of sulfonamides is 1. The minimum atomic E-state index is -3.79. The molecule has 1 atom stereocenters. The first-order valence-electron chi connectivity index (χ1n) is 6.01. The molecule has 0 saturated carbocycles. The van der Waals surface area contributed by atoms with Crippen molar-refractivity contribution >= 4 is 26.0 Å². The second-order valence-corrected chi connectivity index (χ2v) is 7.14. The zero-order valence-corrected chi connectivity index (χ0v) is 12.6. The Balaban J connectivity index is 1.97. The molecule has 1 saturated heterocycles. The molecule has 1 aliphatic heterocycles. The molecule has 0 aromatic heterocycles. The summed E-state index contributed by atoms with van der Waals surface area (Å²) in [5.41, 5.74) is 0. The fourth-order valence-corrected chi connectivity index (χ4v) is 3.42. The summed E-state index contributed by atoms with van der Waals surface area (Å²) in [5.74, 6) is -0.372. The lowest BCUT2D eigenvalue weighted by atomic mass is 10.1. The molecule has 106 valence electrons. The molecule has 2 rings (SSSR count). The number of rotatable bonds is 5. The summed E-state index contributed by atoms with van der Waals surface area (Å²) in [6, 6.07) is 3.89. The van der Waals surface area contributed by atoms with Crippen molar-refractivity contribution in [3.05, 3.63) is 28.5 Å². The van der Waals surface area contributed by atoms with Crippen molar-refractivity contribution in [2.24, 2.45) is 5.92 Å². The molecule has 1 N–H and O–H groups in total. The van der Waals surface area contributed by atoms with Gasteiger partial charge in [-0.25, -0.2) is 17.5 Å². The smallest absolute Gasteiger partial charge is 0.243 e. The lowest BCUT2D eigenvalue weighted by Gasteiger charge is -2.10. The molecule has 1 aliphatic rings. The minimum absolute atomic E-state index is 0.297. The first-order valence-corrected chi connectivity index (χ1v) is 8.29. The molecule has 0 radical (unpaired) electrons. The van der Waals surface area contributed by atoms with Gasteiger partial charge >= 0.3 is 0 Å². The quantitative estimate of drug-likeness (QED) is 0.885. The molecule has 4 nitrogen and oxygen atoms in total. The first-order chi connectivity index (χ1) is 8.99. The molecular formula is C12H15BrFNO3S. The Kier molecular flexibility index (Phi) is 4.94. The van der Waals surface area contributed by atoms with E-state index in [0.29, 0.717) is 30.0 Å². The van der Waals surface area contributed by atoms with Crippen molar-refractivity contribution < 1.29 is 17.5 Å². The van der Waals surface area contributed by atoms with Crippen molar-refractivity contribution in [3.8, 4) is 0 Å². The standard InChI is InChI=1S/C12H15BrFNO3S/c13-10-1-2-12(11(14)7-10)19(16,17)15-5-3-9-4-6-18-8-9/h1-2,7,9,15H,3-6,8H2. The third-order valence-corrected chi connectivity index (χ3v) is 5.04. The number of hydrogen-bond acceptors (Lipinski definition) is 3. The fourth-order valence-electron chi connectivity index (χ4n) is 1.98. The maximum Gasteiger partial charge on any atom is 0.243 e. The monoisotopic (exact) mass is 351 g/mol. The molecule has 0 spiro atoms. The van der Waals surface area contributed by atoms with Gasteiger partial charge in [0.05, 0.1) is 0 Å². The van der Waals surface area contributed by atoms with E-state index < -0.39 is 15.8 Å². The molecule has 1 fully saturated rings. The van der Waals surface area contributed by atoms with Crippen LogP contribution in [-0.4, -0.2) is 28.2 Å². The predicted octanol–water partition coefficient (Wildman–Crippen LogP) is 2.29. The largest absolute Gasteiger partial charge is 0.381 e. The van der Waals surface area contributed by atoms with Gasteiger partial charge in [0.2, 0.25) is 10.0 Å². The van der Waals surface area contributed by atoms with Crippen molar-refractivity contribution in [1.29, 1.82) is 0 Å². The lowest BCUT2D eigenvalue weighted by molar-refractivity contribution is 0.184. The van der Waals surface area contributed by atoms with Gasteiger partial charge in [-0.05, 0) is 37.0 Å². The summed E-state index contributed by atoms with van der Waals surface area (Å²) in [7, 11) is -3.79. The summed E-state index contributed by atoms with van der Waals surface area (Å²) in [6.07, 6.45) is 1.66. The van der Waals surface area contributed by atoms with Gasteiger partial charge in [0.15, 0.2) is 0 Å². The van der Waals surface area contributed by atoms with E-state index in [4.69, 9.17) is 4.74 Å². The van der Waals surface area contributed by atoms with Crippen LogP contribution in [0.3, 0.4) is 0 Å². The van der Waals surface area contributed by atoms with Crippen LogP contribution in [-0.2, 0) is 14.8 Å². The molecule has 19 heavy (non-hydrogen) atoms. The van der Waals surface area contributed by atoms with Gasteiger partial charge in [0.1, 0.15) is 10.7 Å². The fraction of sp³-hybridized carbons (Fsp3) is 0.500. The van der Waals surface area contributed by atoms with E-state index >= 15 is 0 Å². The zero-order chi connectivity index (χ0) is 13.9. The van der Waals surface area contributed by atoms with Gasteiger partial charge in [0, 0.05) is 24.2 Å². The van der Waals surface area contributed by atoms with E-state index in [9.17, 15) is 12.8 Å². The summed E-state index contributed by atoms with van der Waals surface area (Å²) >= 11 is 3.09. The molecule has 1 heterocycles. The van der Waals surface area contributed by atoms with E-state index in [-0.39, 0.29) is 4.90 Å². The van der Waals surface area contributed by atoms with Gasteiger partial charge in [-0.15, -0.1) is 0 Å². The average molecular weight is 352 g/mol. The van der Waals surface area contributed by atoms with Gasteiger partial charge in [-0.2, -0.15) is 0 Å². The average Bonchev–Trinajstić information content (AvgIpc) is 2.81. The normalized spacial score (nSPS) is 19.8. The number of hydrogen-bond donors (Lipinski definition) is 1. The van der Waals surface area contributed by atoms with Crippen molar-refractivity contribution in [2.45, 2.75) is 17.7 Å². The summed E-state index contributed by atoms with van der Waals surface area (Å²) < 4.78 is 45.6. The number of ether oxygens (including phenoxy) is 1. The number of benzene rings is 1. The minimum Gasteiger partial charge on any atom is -0.381 e. The van der Waals surface area contributed by atoms with E-state index in [1.807, 2.05) is 0 Å². The van der Waals surface area contributed by atoms with Gasteiger partial charge in [0.25, 0.3) is 0 Å². The third-order valence-electron chi connectivity index (χ3n) is 3.05. The van der Waals surface area contributed by atoms with Crippen LogP contribution in [0.2, 0.25) is 0 Å². The van der Waals surface area contributed by atoms with Crippen LogP contribution in [0.5, 0.6) is 0 Å². The Morgan fingerprint density at radius 3 is 2.89 bits per heavy atom. The van der Waals surface area contributed by atoms with Crippen LogP contribution in [0.1, 0.15) is 12.8 Å². The second kappa shape index (κ2) is 6.30. The second-order valence-electron chi connectivity index (χ2n) is 4.49. The Morgan fingerprint density at radius 1 is 1.47 bits per heavy atom. The summed E-state index contributed by atoms with van der Waals surface area (Å²) in [5, 5.41) is 0. The van der Waals surface area contributed by atoms with Crippen molar-refractivity contribution in [3.63, 3.8) is 0 Å². The van der Waals surface area contributed by atoms with Crippen molar-refractivity contribution in [1.82, 2.24) is 4.72 Å². The van der Waals surface area contributed by atoms with E-state index in [2.05, 4.69) is 20.7 Å². The number of halogens is 2. The van der Waals surface area contributed by atoms with Crippen LogP contribution >= 0.6 is 15.9 Å². The van der Waals surface area contributed by atoms with Crippen LogP contribution in [0.25, 0.3) is 0 Å². The highest BCUT2D eigenvalue weighted by molar-refractivity contribution is 9.10. The highest BCUT2D eigenvalue weighted by Gasteiger charge is 2.20. The molecule has 1 aromatic rings. The molecule has 1 unspecified atom stereocenters. The maximum atomic E-state index is 13.6. The Bertz CT molecular complexity index is 544. The molecule has 0 aliphatic carbocycles. The Morgan fingerprint density at radius 2 is 2.26 bits per heavy atom. The molecule has 0 bridgehead atoms. The van der Waals surface area contributed by atoms with Crippen LogP contribution in [0.4, 0.5) is 4.39 Å². The predicted molar refractivity (Wildman–Crippen MR) is 72.8 cm³/mol. The topological polar surface area (TPSA) is 55.4 Å². The van der Waals surface area contributed by atoms with Gasteiger partial charge in [-0.3, -0.25) is 0 Å². The lowest BCUT2D eigenvalue weighted by Crippen LogP contribution is -2.27. The van der Waals surface area contributed by atoms with Crippen LogP contribution in [0, 0.1) is 11.7 Å². The van der Waals surface area contributed by atoms with Gasteiger partial charge < -0.3 is 4.74 Å². The molecule has 7 heteroatoms. The molecule has 1 aromatic carbocycles. The van der Waals surface area contributed by atoms with Gasteiger partial charge in [-0.1, -0.05) is 15.9 Å². The third kappa shape index (κ3) is 3.98. The van der Waals surface area contributed by atoms with E-state index in [1.54, 1.807) is 0 Å². The van der Waals surface area contributed by atoms with E-state index in [1.165, 1.54) is 12.1 Å². The number of nitrogens with one attached hydrogen (secondary N) is 1. The Labute approximate surface area is 120 Å². The maximum absolute atomic E-state index is 13.6. The van der Waals surface area contributed by atoms with Crippen LogP contribution in [0.15, 0.2) is 27.6 Å². The zero-order valence-electron chi connectivity index (χ0n) is 10.2. The SMILES string of the molecule is O=S(=O)(NCCC1CCOC1)c1ccc(Br)cc1F. The molecular weight excluding hydrogens is 337 g/mol. The highest BCUT2D eigenvalue weighted by Crippen LogP contribution is 2.20. The molecule has 0 amide bonds. The first kappa shape index (κ1) is 14.9. The Hall–Kier alpha value is -0.500. The van der Waals surface area contributed by atoms with Crippen LogP contribution < -0.4 is 4.72 Å².